The van der Waals surface area contributed by atoms with Crippen LogP contribution in [0, 0.1) is 0 Å². The molecule has 0 fully saturated rings. The molecule has 0 radical (unpaired) electrons. The van der Waals surface area contributed by atoms with Gasteiger partial charge in [-0.2, -0.15) is 16.8 Å². The summed E-state index contributed by atoms with van der Waals surface area (Å²) >= 11 is 0. The fourth-order valence-corrected chi connectivity index (χ4v) is 4.31. The molecule has 0 amide bonds. The van der Waals surface area contributed by atoms with Crippen molar-refractivity contribution in [2.45, 2.75) is 9.79 Å². The maximum Gasteiger partial charge on any atom is 0.294 e. The molecule has 2 N–H and O–H groups in total. The van der Waals surface area contributed by atoms with Gasteiger partial charge in [0, 0.05) is 0 Å². The van der Waals surface area contributed by atoms with Crippen molar-refractivity contribution in [3.8, 4) is 33.4 Å². The highest BCUT2D eigenvalue weighted by Gasteiger charge is 2.10. The van der Waals surface area contributed by atoms with Crippen molar-refractivity contribution in [2.24, 2.45) is 0 Å². The van der Waals surface area contributed by atoms with Gasteiger partial charge >= 0.3 is 0 Å². The second kappa shape index (κ2) is 8.33. The first kappa shape index (κ1) is 21.9. The van der Waals surface area contributed by atoms with Gasteiger partial charge in [-0.15, -0.1) is 0 Å². The molecule has 4 aromatic rings. The lowest BCUT2D eigenvalue weighted by molar-refractivity contribution is 0.481. The van der Waals surface area contributed by atoms with Crippen molar-refractivity contribution < 1.29 is 25.9 Å². The van der Waals surface area contributed by atoms with Crippen LogP contribution < -0.4 is 0 Å². The third-order valence-corrected chi connectivity index (χ3v) is 6.81. The van der Waals surface area contributed by atoms with E-state index in [1.165, 1.54) is 24.3 Å². The van der Waals surface area contributed by atoms with Gasteiger partial charge in [-0.3, -0.25) is 9.11 Å². The van der Waals surface area contributed by atoms with E-state index in [2.05, 4.69) is 0 Å². The van der Waals surface area contributed by atoms with E-state index < -0.39 is 20.2 Å². The van der Waals surface area contributed by atoms with Crippen molar-refractivity contribution >= 4 is 20.2 Å². The molecule has 4 rings (SSSR count). The molecule has 0 saturated carbocycles. The fraction of sp³-hybridized carbons (Fsp3) is 0. The standard InChI is InChI=1S/C24H18O6S2/c25-31(26,27)23-13-9-21(10-14-23)19-5-1-17(2-6-19)18-3-7-20(8-4-18)22-11-15-24(16-12-22)32(28,29)30/h1-16H,(H,25,26,27)(H,28,29,30). The highest BCUT2D eigenvalue weighted by Crippen LogP contribution is 2.28. The number of hydrogen-bond acceptors (Lipinski definition) is 4. The summed E-state index contributed by atoms with van der Waals surface area (Å²) in [5.74, 6) is 0. The lowest BCUT2D eigenvalue weighted by Gasteiger charge is -2.08. The van der Waals surface area contributed by atoms with Crippen LogP contribution in [0.4, 0.5) is 0 Å². The molecule has 0 aliphatic heterocycles. The van der Waals surface area contributed by atoms with Gasteiger partial charge in [-0.25, -0.2) is 0 Å². The molecule has 162 valence electrons. The zero-order valence-corrected chi connectivity index (χ0v) is 18.2. The molecule has 0 aliphatic carbocycles. The lowest BCUT2D eigenvalue weighted by atomic mass is 9.98. The lowest BCUT2D eigenvalue weighted by Crippen LogP contribution is -1.97. The van der Waals surface area contributed by atoms with Gasteiger partial charge in [-0.05, 0) is 57.6 Å². The molecule has 0 atom stereocenters. The minimum absolute atomic E-state index is 0.148. The van der Waals surface area contributed by atoms with E-state index >= 15 is 0 Å². The summed E-state index contributed by atoms with van der Waals surface area (Å²) in [7, 11) is -8.43. The first-order valence-corrected chi connectivity index (χ1v) is 12.4. The van der Waals surface area contributed by atoms with Gasteiger partial charge in [0.25, 0.3) is 20.2 Å². The van der Waals surface area contributed by atoms with Gasteiger partial charge in [0.2, 0.25) is 0 Å². The fourth-order valence-electron chi connectivity index (χ4n) is 3.35. The predicted octanol–water partition coefficient (Wildman–Crippen LogP) is 5.18. The van der Waals surface area contributed by atoms with E-state index in [1.807, 2.05) is 48.5 Å². The smallest absolute Gasteiger partial charge is 0.282 e. The van der Waals surface area contributed by atoms with Crippen LogP contribution in [0.15, 0.2) is 107 Å². The van der Waals surface area contributed by atoms with E-state index in [4.69, 9.17) is 9.11 Å². The predicted molar refractivity (Wildman–Crippen MR) is 122 cm³/mol. The molecule has 0 aromatic heterocycles. The quantitative estimate of drug-likeness (QED) is 0.392. The number of hydrogen-bond donors (Lipinski definition) is 2. The SMILES string of the molecule is O=S(=O)(O)c1ccc(-c2ccc(-c3ccc(-c4ccc(S(=O)(=O)O)cc4)cc3)cc2)cc1. The van der Waals surface area contributed by atoms with Gasteiger partial charge in [0.05, 0.1) is 9.79 Å². The Morgan fingerprint density at radius 1 is 0.344 bits per heavy atom. The molecular weight excluding hydrogens is 448 g/mol. The average molecular weight is 467 g/mol. The monoisotopic (exact) mass is 466 g/mol. The molecule has 32 heavy (non-hydrogen) atoms. The van der Waals surface area contributed by atoms with Crippen LogP contribution in [0.25, 0.3) is 33.4 Å². The largest absolute Gasteiger partial charge is 0.294 e. The first-order valence-electron chi connectivity index (χ1n) is 9.48. The van der Waals surface area contributed by atoms with Crippen LogP contribution in [-0.4, -0.2) is 25.9 Å². The van der Waals surface area contributed by atoms with Crippen LogP contribution in [0.2, 0.25) is 0 Å². The Morgan fingerprint density at radius 2 is 0.500 bits per heavy atom. The van der Waals surface area contributed by atoms with Crippen molar-refractivity contribution in [3.05, 3.63) is 97.1 Å². The Bertz CT molecular complexity index is 1340. The second-order valence-electron chi connectivity index (χ2n) is 7.15. The Kier molecular flexibility index (Phi) is 5.70. The van der Waals surface area contributed by atoms with E-state index in [-0.39, 0.29) is 9.79 Å². The summed E-state index contributed by atoms with van der Waals surface area (Å²) < 4.78 is 62.9. The molecule has 0 aliphatic rings. The zero-order valence-electron chi connectivity index (χ0n) is 16.6. The van der Waals surface area contributed by atoms with Crippen molar-refractivity contribution in [2.75, 3.05) is 0 Å². The van der Waals surface area contributed by atoms with Crippen LogP contribution >= 0.6 is 0 Å². The highest BCUT2D eigenvalue weighted by atomic mass is 32.2. The molecule has 0 spiro atoms. The summed E-state index contributed by atoms with van der Waals surface area (Å²) in [5.41, 5.74) is 5.46. The van der Waals surface area contributed by atoms with Crippen molar-refractivity contribution in [3.63, 3.8) is 0 Å². The molecule has 6 nitrogen and oxygen atoms in total. The molecule has 0 heterocycles. The van der Waals surface area contributed by atoms with Crippen LogP contribution in [-0.2, 0) is 20.2 Å². The van der Waals surface area contributed by atoms with Gasteiger partial charge in [0.15, 0.2) is 0 Å². The Morgan fingerprint density at radius 3 is 0.656 bits per heavy atom. The molecular formula is C24H18O6S2. The minimum Gasteiger partial charge on any atom is -0.282 e. The molecule has 0 saturated heterocycles. The molecule has 0 bridgehead atoms. The van der Waals surface area contributed by atoms with E-state index in [0.717, 1.165) is 33.4 Å². The van der Waals surface area contributed by atoms with E-state index in [9.17, 15) is 16.8 Å². The maximum absolute atomic E-state index is 11.2. The molecule has 8 heteroatoms. The zero-order chi connectivity index (χ0) is 22.9. The highest BCUT2D eigenvalue weighted by molar-refractivity contribution is 7.86. The summed E-state index contributed by atoms with van der Waals surface area (Å²) in [6.45, 7) is 0. The third-order valence-electron chi connectivity index (χ3n) is 5.07. The second-order valence-corrected chi connectivity index (χ2v) is 10.00. The van der Waals surface area contributed by atoms with Crippen LogP contribution in [0.5, 0.6) is 0 Å². The molecule has 4 aromatic carbocycles. The van der Waals surface area contributed by atoms with Gasteiger partial charge in [0.1, 0.15) is 0 Å². The Labute approximate surface area is 186 Å². The third kappa shape index (κ3) is 4.79. The van der Waals surface area contributed by atoms with Gasteiger partial charge in [-0.1, -0.05) is 72.8 Å². The normalized spacial score (nSPS) is 11.9. The van der Waals surface area contributed by atoms with E-state index in [0.29, 0.717) is 0 Å². The van der Waals surface area contributed by atoms with Gasteiger partial charge < -0.3 is 0 Å². The van der Waals surface area contributed by atoms with Crippen molar-refractivity contribution in [1.29, 1.82) is 0 Å². The summed E-state index contributed by atoms with van der Waals surface area (Å²) in [4.78, 5) is -0.295. The minimum atomic E-state index is -4.21. The Balaban J connectivity index is 1.53. The van der Waals surface area contributed by atoms with Crippen LogP contribution in [0.3, 0.4) is 0 Å². The summed E-state index contributed by atoms with van der Waals surface area (Å²) in [6, 6.07) is 27.6. The van der Waals surface area contributed by atoms with Crippen LogP contribution in [0.1, 0.15) is 0 Å². The Hall–Kier alpha value is -3.30. The average Bonchev–Trinajstić information content (AvgIpc) is 2.78. The number of benzene rings is 4. The van der Waals surface area contributed by atoms with E-state index in [1.54, 1.807) is 24.3 Å². The maximum atomic E-state index is 11.2. The molecule has 0 unspecified atom stereocenters. The number of rotatable bonds is 5. The summed E-state index contributed by atoms with van der Waals surface area (Å²) in [5, 5.41) is 0. The van der Waals surface area contributed by atoms with Crippen molar-refractivity contribution in [1.82, 2.24) is 0 Å². The topological polar surface area (TPSA) is 109 Å². The first-order chi connectivity index (χ1) is 15.1. The summed E-state index contributed by atoms with van der Waals surface area (Å²) in [6.07, 6.45) is 0.